The fraction of sp³-hybridized carbons (Fsp3) is 0.538. The Morgan fingerprint density at radius 1 is 0.962 bits per heavy atom. The molecule has 0 aliphatic carbocycles. The van der Waals surface area contributed by atoms with Gasteiger partial charge in [0.15, 0.2) is 0 Å². The summed E-state index contributed by atoms with van der Waals surface area (Å²) < 4.78 is 33.3. The number of methoxy groups -OCH3 is 1. The van der Waals surface area contributed by atoms with Gasteiger partial charge in [0.25, 0.3) is 11.8 Å². The molecule has 2 aliphatic heterocycles. The molecule has 0 saturated carbocycles. The molecule has 5 rings (SSSR count). The van der Waals surface area contributed by atoms with Crippen molar-refractivity contribution in [1.82, 2.24) is 25.0 Å². The minimum atomic E-state index is -0.806. The Hall–Kier alpha value is -4.49. The summed E-state index contributed by atoms with van der Waals surface area (Å²) in [4.78, 5) is 56.9. The molecule has 2 fully saturated rings. The van der Waals surface area contributed by atoms with Crippen molar-refractivity contribution >= 4 is 34.7 Å². The van der Waals surface area contributed by atoms with Crippen LogP contribution < -0.4 is 10.6 Å². The number of halogens is 1. The van der Waals surface area contributed by atoms with Crippen LogP contribution >= 0.6 is 0 Å². The van der Waals surface area contributed by atoms with Gasteiger partial charge >= 0.3 is 6.09 Å². The van der Waals surface area contributed by atoms with Gasteiger partial charge in [-0.2, -0.15) is 0 Å². The maximum atomic E-state index is 15.3. The first-order valence-corrected chi connectivity index (χ1v) is 18.1. The van der Waals surface area contributed by atoms with Crippen molar-refractivity contribution in [2.45, 2.75) is 78.1 Å². The number of nitrogens with one attached hydrogen (secondary N) is 2. The lowest BCUT2D eigenvalue weighted by atomic mass is 9.88. The van der Waals surface area contributed by atoms with Crippen molar-refractivity contribution in [2.24, 2.45) is 5.92 Å². The Morgan fingerprint density at radius 3 is 2.29 bits per heavy atom. The molecular formula is C39H52FN5O7. The van der Waals surface area contributed by atoms with Crippen molar-refractivity contribution < 1.29 is 37.8 Å². The third-order valence-corrected chi connectivity index (χ3v) is 9.57. The number of hydrogen-bond donors (Lipinski definition) is 2. The molecule has 12 nitrogen and oxygen atoms in total. The monoisotopic (exact) mass is 721 g/mol. The van der Waals surface area contributed by atoms with E-state index in [-0.39, 0.29) is 41.9 Å². The summed E-state index contributed by atoms with van der Waals surface area (Å²) >= 11 is 0. The van der Waals surface area contributed by atoms with Crippen molar-refractivity contribution in [3.05, 3.63) is 70.7 Å². The fourth-order valence-corrected chi connectivity index (χ4v) is 6.85. The molecule has 1 atom stereocenters. The number of alkyl carbamates (subject to hydrolysis) is 1. The maximum Gasteiger partial charge on any atom is 0.408 e. The molecule has 282 valence electrons. The topological polar surface area (TPSA) is 131 Å². The lowest BCUT2D eigenvalue weighted by molar-refractivity contribution is -0.124. The number of benzene rings is 2. The molecule has 2 aromatic carbocycles. The highest BCUT2D eigenvalue weighted by atomic mass is 19.1. The van der Waals surface area contributed by atoms with Gasteiger partial charge in [0.1, 0.15) is 17.5 Å². The Kier molecular flexibility index (Phi) is 12.6. The number of rotatable bonds is 11. The van der Waals surface area contributed by atoms with Crippen LogP contribution in [0.5, 0.6) is 0 Å². The molecule has 2 aliphatic rings. The minimum absolute atomic E-state index is 0.126. The van der Waals surface area contributed by atoms with Gasteiger partial charge in [0, 0.05) is 69.0 Å². The van der Waals surface area contributed by atoms with E-state index in [9.17, 15) is 19.2 Å². The van der Waals surface area contributed by atoms with E-state index < -0.39 is 17.7 Å². The Bertz CT molecular complexity index is 1750. The van der Waals surface area contributed by atoms with Crippen LogP contribution in [0.25, 0.3) is 10.9 Å². The smallest absolute Gasteiger partial charge is 0.408 e. The highest BCUT2D eigenvalue weighted by Gasteiger charge is 2.31. The SMILES string of the molecule is COCCn1cc(C(=O)N2CCC(c3cc(CNC(=O)C(NC(=O)OC(C)(C)C)C(C)C)ccc3F)CC2)c2c(C(=O)N3CCOCC3)cccc21. The number of amides is 4. The molecule has 1 unspecified atom stereocenters. The van der Waals surface area contributed by atoms with E-state index in [1.165, 1.54) is 6.07 Å². The van der Waals surface area contributed by atoms with Gasteiger partial charge in [0.05, 0.1) is 25.4 Å². The zero-order valence-electron chi connectivity index (χ0n) is 31.1. The Balaban J connectivity index is 1.27. The number of fused-ring (bicyclic) bond motifs is 1. The van der Waals surface area contributed by atoms with Crippen molar-refractivity contribution in [3.63, 3.8) is 0 Å². The largest absolute Gasteiger partial charge is 0.444 e. The summed E-state index contributed by atoms with van der Waals surface area (Å²) in [5, 5.41) is 6.16. The van der Waals surface area contributed by atoms with Crippen LogP contribution in [-0.4, -0.2) is 103 Å². The van der Waals surface area contributed by atoms with Crippen molar-refractivity contribution in [2.75, 3.05) is 53.1 Å². The van der Waals surface area contributed by atoms with Crippen molar-refractivity contribution in [3.8, 4) is 0 Å². The first kappa shape index (κ1) is 38.7. The summed E-state index contributed by atoms with van der Waals surface area (Å²) in [5.74, 6) is -1.31. The number of ether oxygens (including phenoxy) is 3. The third kappa shape index (κ3) is 9.29. The van der Waals surface area contributed by atoms with E-state index in [4.69, 9.17) is 14.2 Å². The fourth-order valence-electron chi connectivity index (χ4n) is 6.85. The second-order valence-electron chi connectivity index (χ2n) is 14.8. The van der Waals surface area contributed by atoms with Crippen LogP contribution in [0.3, 0.4) is 0 Å². The average molecular weight is 722 g/mol. The number of aromatic nitrogens is 1. The van der Waals surface area contributed by atoms with Crippen LogP contribution in [0.4, 0.5) is 9.18 Å². The summed E-state index contributed by atoms with van der Waals surface area (Å²) in [6, 6.07) is 9.56. The molecule has 1 aromatic heterocycles. The lowest BCUT2D eigenvalue weighted by Crippen LogP contribution is -2.50. The Labute approximate surface area is 304 Å². The number of hydrogen-bond acceptors (Lipinski definition) is 7. The molecule has 2 saturated heterocycles. The van der Waals surface area contributed by atoms with Gasteiger partial charge < -0.3 is 39.2 Å². The number of carbonyl (C=O) groups excluding carboxylic acids is 4. The molecule has 0 spiro atoms. The standard InChI is InChI=1S/C39H52FN5O7/c1-25(2)34(42-38(49)52-39(3,4)5)35(46)41-23-26-10-11-31(40)29(22-26)27-12-14-43(15-13-27)37(48)30-24-45(16-19-50-6)32-9-7-8-28(33(30)32)36(47)44-17-20-51-21-18-44/h7-11,22,24-25,27,34H,12-21,23H2,1-6H3,(H,41,46)(H,42,49). The van der Waals surface area contributed by atoms with Crippen LogP contribution in [-0.2, 0) is 32.1 Å². The summed E-state index contributed by atoms with van der Waals surface area (Å²) in [6.07, 6.45) is 2.25. The predicted molar refractivity (Wildman–Crippen MR) is 195 cm³/mol. The Morgan fingerprint density at radius 2 is 1.63 bits per heavy atom. The van der Waals surface area contributed by atoms with E-state index >= 15 is 4.39 Å². The quantitative estimate of drug-likeness (QED) is 0.282. The third-order valence-electron chi connectivity index (χ3n) is 9.57. The van der Waals surface area contributed by atoms with Gasteiger partial charge in [-0.1, -0.05) is 32.0 Å². The maximum absolute atomic E-state index is 15.3. The van der Waals surface area contributed by atoms with Gasteiger partial charge in [-0.25, -0.2) is 9.18 Å². The number of carbonyl (C=O) groups is 4. The van der Waals surface area contributed by atoms with Gasteiger partial charge in [-0.05, 0) is 74.8 Å². The summed E-state index contributed by atoms with van der Waals surface area (Å²) in [5.41, 5.74) is 2.31. The second-order valence-corrected chi connectivity index (χ2v) is 14.8. The first-order chi connectivity index (χ1) is 24.8. The normalized spacial score (nSPS) is 16.2. The van der Waals surface area contributed by atoms with E-state index in [2.05, 4.69) is 10.6 Å². The zero-order valence-corrected chi connectivity index (χ0v) is 31.1. The summed E-state index contributed by atoms with van der Waals surface area (Å²) in [6.45, 7) is 12.8. The van der Waals surface area contributed by atoms with Gasteiger partial charge in [-0.3, -0.25) is 14.4 Å². The molecule has 2 N–H and O–H groups in total. The molecular weight excluding hydrogens is 669 g/mol. The van der Waals surface area contributed by atoms with Crippen molar-refractivity contribution in [1.29, 1.82) is 0 Å². The number of likely N-dealkylation sites (tertiary alicyclic amines) is 1. The first-order valence-electron chi connectivity index (χ1n) is 18.1. The van der Waals surface area contributed by atoms with Crippen LogP contribution in [0.1, 0.15) is 85.2 Å². The number of piperidine rings is 1. The molecule has 52 heavy (non-hydrogen) atoms. The molecule has 0 bridgehead atoms. The highest BCUT2D eigenvalue weighted by molar-refractivity contribution is 6.15. The van der Waals surface area contributed by atoms with Gasteiger partial charge in [0.2, 0.25) is 5.91 Å². The molecule has 3 aromatic rings. The van der Waals surface area contributed by atoms with Crippen LogP contribution in [0.2, 0.25) is 0 Å². The van der Waals surface area contributed by atoms with E-state index in [1.807, 2.05) is 36.7 Å². The lowest BCUT2D eigenvalue weighted by Gasteiger charge is -2.32. The molecule has 0 radical (unpaired) electrons. The van der Waals surface area contributed by atoms with E-state index in [0.717, 1.165) is 11.1 Å². The number of morpholine rings is 1. The van der Waals surface area contributed by atoms with Crippen LogP contribution in [0, 0.1) is 11.7 Å². The predicted octanol–water partition coefficient (Wildman–Crippen LogP) is 5.08. The zero-order chi connectivity index (χ0) is 37.6. The van der Waals surface area contributed by atoms with E-state index in [0.29, 0.717) is 87.5 Å². The van der Waals surface area contributed by atoms with E-state index in [1.54, 1.807) is 55.9 Å². The minimum Gasteiger partial charge on any atom is -0.444 e. The molecule has 4 amide bonds. The van der Waals surface area contributed by atoms with Crippen LogP contribution in [0.15, 0.2) is 42.6 Å². The molecule has 3 heterocycles. The molecule has 13 heteroatoms. The summed E-state index contributed by atoms with van der Waals surface area (Å²) in [7, 11) is 1.62. The second kappa shape index (κ2) is 16.9. The average Bonchev–Trinajstić information content (AvgIpc) is 3.50. The van der Waals surface area contributed by atoms with Gasteiger partial charge in [-0.15, -0.1) is 0 Å². The highest BCUT2D eigenvalue weighted by Crippen LogP contribution is 2.33. The number of nitrogens with zero attached hydrogens (tertiary/aromatic N) is 3.